The minimum Gasteiger partial charge on any atom is -0.461 e. The zero-order chi connectivity index (χ0) is 25.0. The van der Waals surface area contributed by atoms with Crippen molar-refractivity contribution in [2.24, 2.45) is 17.3 Å². The summed E-state index contributed by atoms with van der Waals surface area (Å²) in [4.78, 5) is 36.4. The lowest BCUT2D eigenvalue weighted by Gasteiger charge is -2.49. The molecular formula is C27H36O6. The monoisotopic (exact) mass is 456 g/mol. The van der Waals surface area contributed by atoms with Crippen LogP contribution in [0.15, 0.2) is 59.8 Å². The minimum absolute atomic E-state index is 0.0525. The van der Waals surface area contributed by atoms with Crippen LogP contribution in [0.2, 0.25) is 0 Å². The van der Waals surface area contributed by atoms with E-state index in [1.165, 1.54) is 19.1 Å². The predicted octanol–water partition coefficient (Wildman–Crippen LogP) is 4.41. The van der Waals surface area contributed by atoms with E-state index in [1.807, 2.05) is 20.8 Å². The van der Waals surface area contributed by atoms with Crippen LogP contribution >= 0.6 is 0 Å². The number of esters is 2. The molecule has 0 saturated carbocycles. The van der Waals surface area contributed by atoms with Gasteiger partial charge >= 0.3 is 11.9 Å². The van der Waals surface area contributed by atoms with Crippen LogP contribution in [0.3, 0.4) is 0 Å². The molecule has 0 aromatic rings. The number of fused-ring (bicyclic) bond motifs is 1. The van der Waals surface area contributed by atoms with Gasteiger partial charge < -0.3 is 14.6 Å². The van der Waals surface area contributed by atoms with Crippen molar-refractivity contribution in [2.45, 2.75) is 66.1 Å². The summed E-state index contributed by atoms with van der Waals surface area (Å²) < 4.78 is 10.7. The Balaban J connectivity index is 2.19. The molecule has 0 aromatic heterocycles. The molecule has 0 radical (unpaired) electrons. The van der Waals surface area contributed by atoms with Gasteiger partial charge in [-0.3, -0.25) is 9.59 Å². The lowest BCUT2D eigenvalue weighted by atomic mass is 9.57. The largest absolute Gasteiger partial charge is 0.461 e. The van der Waals surface area contributed by atoms with Crippen LogP contribution in [0.5, 0.6) is 0 Å². The number of hydrogen-bond donors (Lipinski definition) is 1. The van der Waals surface area contributed by atoms with E-state index in [0.717, 1.165) is 17.6 Å². The molecule has 0 fully saturated rings. The zero-order valence-corrected chi connectivity index (χ0v) is 20.5. The van der Waals surface area contributed by atoms with E-state index < -0.39 is 34.8 Å². The molecule has 0 heterocycles. The van der Waals surface area contributed by atoms with Gasteiger partial charge in [0.25, 0.3) is 0 Å². The van der Waals surface area contributed by atoms with Gasteiger partial charge in [-0.15, -0.1) is 0 Å². The number of carbonyl (C=O) groups is 3. The first-order chi connectivity index (χ1) is 15.3. The maximum Gasteiger partial charge on any atom is 0.331 e. The van der Waals surface area contributed by atoms with Gasteiger partial charge in [0.05, 0.1) is 0 Å². The van der Waals surface area contributed by atoms with Crippen molar-refractivity contribution in [3.8, 4) is 0 Å². The van der Waals surface area contributed by atoms with Crippen LogP contribution < -0.4 is 0 Å². The Morgan fingerprint density at radius 2 is 2.00 bits per heavy atom. The Labute approximate surface area is 196 Å². The lowest BCUT2D eigenvalue weighted by Crippen LogP contribution is -2.53. The summed E-state index contributed by atoms with van der Waals surface area (Å²) in [7, 11) is 0. The SMILES string of the molecule is C=C(COC(C)=O)C1(O)CC2(C)C(=CC1=O)C=CC(OC(=O)C=CC(C)=CC(C)CC)C2C. The standard InChI is InChI=1S/C27H36O6/c1-8-17(2)13-18(3)9-12-25(30)33-23-11-10-22-14-24(29)27(31,16-26(22,7)20(23)5)19(4)15-32-21(6)28/h9-14,17,20,23,31H,4,8,15-16H2,1-3,5-7H3. The smallest absolute Gasteiger partial charge is 0.331 e. The molecule has 2 rings (SSSR count). The molecule has 1 N–H and O–H groups in total. The van der Waals surface area contributed by atoms with Crippen molar-refractivity contribution in [3.05, 3.63) is 59.8 Å². The highest BCUT2D eigenvalue weighted by molar-refractivity contribution is 6.01. The summed E-state index contributed by atoms with van der Waals surface area (Å²) in [5.74, 6) is -1.25. The first-order valence-corrected chi connectivity index (χ1v) is 11.4. The number of rotatable bonds is 8. The molecular weight excluding hydrogens is 420 g/mol. The van der Waals surface area contributed by atoms with Crippen LogP contribution in [-0.2, 0) is 23.9 Å². The fraction of sp³-hybridized carbons (Fsp3) is 0.519. The summed E-state index contributed by atoms with van der Waals surface area (Å²) in [5.41, 5.74) is -0.633. The molecule has 5 unspecified atom stereocenters. The fourth-order valence-electron chi connectivity index (χ4n) is 4.28. The number of ether oxygens (including phenoxy) is 2. The first-order valence-electron chi connectivity index (χ1n) is 11.4. The molecule has 2 aliphatic carbocycles. The van der Waals surface area contributed by atoms with Gasteiger partial charge in [0.2, 0.25) is 0 Å². The maximum atomic E-state index is 12.8. The van der Waals surface area contributed by atoms with Crippen LogP contribution in [0.4, 0.5) is 0 Å². The molecule has 180 valence electrons. The summed E-state index contributed by atoms with van der Waals surface area (Å²) in [6.07, 6.45) is 10.8. The molecule has 0 amide bonds. The highest BCUT2D eigenvalue weighted by Gasteiger charge is 2.53. The highest BCUT2D eigenvalue weighted by atomic mass is 16.5. The number of ketones is 1. The maximum absolute atomic E-state index is 12.8. The van der Waals surface area contributed by atoms with Gasteiger partial charge in [0, 0.05) is 24.3 Å². The molecule has 0 saturated heterocycles. The summed E-state index contributed by atoms with van der Waals surface area (Å²) >= 11 is 0. The van der Waals surface area contributed by atoms with E-state index in [9.17, 15) is 19.5 Å². The van der Waals surface area contributed by atoms with Gasteiger partial charge in [-0.1, -0.05) is 64.5 Å². The second-order valence-corrected chi connectivity index (χ2v) is 9.48. The summed E-state index contributed by atoms with van der Waals surface area (Å²) in [5, 5.41) is 11.2. The average Bonchev–Trinajstić information content (AvgIpc) is 2.74. The van der Waals surface area contributed by atoms with E-state index in [-0.39, 0.29) is 24.5 Å². The summed E-state index contributed by atoms with van der Waals surface area (Å²) in [6, 6.07) is 0. The van der Waals surface area contributed by atoms with Crippen LogP contribution in [0.1, 0.15) is 54.4 Å². The van der Waals surface area contributed by atoms with E-state index >= 15 is 0 Å². The van der Waals surface area contributed by atoms with Gasteiger partial charge in [-0.05, 0) is 42.6 Å². The van der Waals surface area contributed by atoms with Gasteiger partial charge in [0.1, 0.15) is 12.7 Å². The normalized spacial score (nSPS) is 30.5. The fourth-order valence-corrected chi connectivity index (χ4v) is 4.28. The third-order valence-corrected chi connectivity index (χ3v) is 6.90. The molecule has 0 aliphatic heterocycles. The number of aliphatic hydroxyl groups is 1. The van der Waals surface area contributed by atoms with E-state index in [4.69, 9.17) is 9.47 Å². The number of allylic oxidation sites excluding steroid dienone is 5. The third-order valence-electron chi connectivity index (χ3n) is 6.90. The molecule has 0 spiro atoms. The van der Waals surface area contributed by atoms with E-state index in [1.54, 1.807) is 18.2 Å². The molecule has 6 nitrogen and oxygen atoms in total. The number of hydrogen-bond acceptors (Lipinski definition) is 6. The van der Waals surface area contributed by atoms with E-state index in [0.29, 0.717) is 5.92 Å². The Hall–Kier alpha value is -2.73. The Morgan fingerprint density at radius 3 is 2.61 bits per heavy atom. The van der Waals surface area contributed by atoms with Crippen molar-refractivity contribution in [2.75, 3.05) is 6.61 Å². The molecule has 33 heavy (non-hydrogen) atoms. The average molecular weight is 457 g/mol. The minimum atomic E-state index is -1.86. The first kappa shape index (κ1) is 26.5. The summed E-state index contributed by atoms with van der Waals surface area (Å²) in [6.45, 7) is 14.8. The van der Waals surface area contributed by atoms with Crippen molar-refractivity contribution in [3.63, 3.8) is 0 Å². The molecule has 6 heteroatoms. The van der Waals surface area contributed by atoms with Crippen LogP contribution in [0.25, 0.3) is 0 Å². The quantitative estimate of drug-likeness (QED) is 0.252. The third kappa shape index (κ3) is 5.99. The second-order valence-electron chi connectivity index (χ2n) is 9.48. The number of carbonyl (C=O) groups excluding carboxylic acids is 3. The highest BCUT2D eigenvalue weighted by Crippen LogP contribution is 2.52. The molecule has 0 aromatic carbocycles. The van der Waals surface area contributed by atoms with Crippen LogP contribution in [-0.4, -0.2) is 41.1 Å². The van der Waals surface area contributed by atoms with Gasteiger partial charge in [-0.2, -0.15) is 0 Å². The predicted molar refractivity (Wildman–Crippen MR) is 127 cm³/mol. The van der Waals surface area contributed by atoms with Crippen molar-refractivity contribution < 1.29 is 29.0 Å². The van der Waals surface area contributed by atoms with Gasteiger partial charge in [-0.25, -0.2) is 4.79 Å². The lowest BCUT2D eigenvalue weighted by molar-refractivity contribution is -0.147. The van der Waals surface area contributed by atoms with Gasteiger partial charge in [0.15, 0.2) is 11.4 Å². The second kappa shape index (κ2) is 10.5. The zero-order valence-electron chi connectivity index (χ0n) is 20.5. The molecule has 2 aliphatic rings. The van der Waals surface area contributed by atoms with Crippen molar-refractivity contribution >= 4 is 17.7 Å². The Bertz CT molecular complexity index is 936. The Kier molecular flexibility index (Phi) is 8.41. The van der Waals surface area contributed by atoms with Crippen LogP contribution in [0, 0.1) is 17.3 Å². The topological polar surface area (TPSA) is 89.9 Å². The van der Waals surface area contributed by atoms with Crippen molar-refractivity contribution in [1.29, 1.82) is 0 Å². The van der Waals surface area contributed by atoms with Crippen molar-refractivity contribution in [1.82, 2.24) is 0 Å². The molecule has 5 atom stereocenters. The molecule has 0 bridgehead atoms. The Morgan fingerprint density at radius 1 is 1.33 bits per heavy atom. The van der Waals surface area contributed by atoms with E-state index in [2.05, 4.69) is 26.5 Å².